The van der Waals surface area contributed by atoms with E-state index in [1.807, 2.05) is 20.2 Å². The molecule has 0 unspecified atom stereocenters. The second-order valence-electron chi connectivity index (χ2n) is 5.70. The van der Waals surface area contributed by atoms with Gasteiger partial charge in [0.25, 0.3) is 5.91 Å². The standard InChI is InChI=1S/C17H16BrN3O3/c1-10-12(9-21(3)19-10)8-20(2)16(22)14-7-11-6-13(18)4-5-15(11)24-17(14)23/h4-7,9H,8H2,1-3H3. The highest BCUT2D eigenvalue weighted by molar-refractivity contribution is 9.10. The van der Waals surface area contributed by atoms with Gasteiger partial charge >= 0.3 is 5.63 Å². The van der Waals surface area contributed by atoms with Crippen molar-refractivity contribution >= 4 is 32.8 Å². The molecule has 2 heterocycles. The number of hydrogen-bond donors (Lipinski definition) is 0. The average molecular weight is 390 g/mol. The zero-order chi connectivity index (χ0) is 17.4. The summed E-state index contributed by atoms with van der Waals surface area (Å²) < 4.78 is 7.80. The molecule has 1 aromatic carbocycles. The van der Waals surface area contributed by atoms with E-state index in [0.29, 0.717) is 17.5 Å². The van der Waals surface area contributed by atoms with Crippen LogP contribution in [0.5, 0.6) is 0 Å². The van der Waals surface area contributed by atoms with Gasteiger partial charge < -0.3 is 9.32 Å². The minimum absolute atomic E-state index is 0.0182. The molecule has 0 fully saturated rings. The molecule has 2 aromatic heterocycles. The SMILES string of the molecule is Cc1nn(C)cc1CN(C)C(=O)c1cc2cc(Br)ccc2oc1=O. The minimum Gasteiger partial charge on any atom is -0.422 e. The number of benzene rings is 1. The number of carbonyl (C=O) groups excluding carboxylic acids is 1. The molecule has 0 aliphatic rings. The van der Waals surface area contributed by atoms with Gasteiger partial charge in [-0.15, -0.1) is 0 Å². The van der Waals surface area contributed by atoms with Crippen LogP contribution in [0.1, 0.15) is 21.6 Å². The van der Waals surface area contributed by atoms with Crippen LogP contribution in [0.2, 0.25) is 0 Å². The summed E-state index contributed by atoms with van der Waals surface area (Å²) in [4.78, 5) is 26.3. The highest BCUT2D eigenvalue weighted by atomic mass is 79.9. The maximum Gasteiger partial charge on any atom is 0.349 e. The third kappa shape index (κ3) is 3.12. The lowest BCUT2D eigenvalue weighted by Gasteiger charge is -2.16. The van der Waals surface area contributed by atoms with Crippen LogP contribution >= 0.6 is 15.9 Å². The fraction of sp³-hybridized carbons (Fsp3) is 0.235. The van der Waals surface area contributed by atoms with E-state index in [2.05, 4.69) is 21.0 Å². The van der Waals surface area contributed by atoms with Crippen molar-refractivity contribution < 1.29 is 9.21 Å². The van der Waals surface area contributed by atoms with Gasteiger partial charge in [0.2, 0.25) is 0 Å². The number of halogens is 1. The number of hydrogen-bond acceptors (Lipinski definition) is 4. The molecule has 0 saturated heterocycles. The molecule has 0 aliphatic carbocycles. The Morgan fingerprint density at radius 3 is 2.79 bits per heavy atom. The second kappa shape index (κ2) is 6.24. The Morgan fingerprint density at radius 1 is 1.38 bits per heavy atom. The molecule has 0 atom stereocenters. The van der Waals surface area contributed by atoms with Crippen molar-refractivity contribution in [2.24, 2.45) is 7.05 Å². The summed E-state index contributed by atoms with van der Waals surface area (Å²) in [5, 5.41) is 4.95. The van der Waals surface area contributed by atoms with Gasteiger partial charge in [-0.2, -0.15) is 5.10 Å². The molecule has 0 N–H and O–H groups in total. The Labute approximate surface area is 146 Å². The van der Waals surface area contributed by atoms with Crippen LogP contribution in [0, 0.1) is 6.92 Å². The molecule has 3 rings (SSSR count). The van der Waals surface area contributed by atoms with Crippen molar-refractivity contribution in [1.29, 1.82) is 0 Å². The van der Waals surface area contributed by atoms with Crippen molar-refractivity contribution in [3.8, 4) is 0 Å². The third-order valence-electron chi connectivity index (χ3n) is 3.79. The van der Waals surface area contributed by atoms with Gasteiger partial charge in [-0.1, -0.05) is 15.9 Å². The summed E-state index contributed by atoms with van der Waals surface area (Å²) in [6.45, 7) is 2.25. The quantitative estimate of drug-likeness (QED) is 0.645. The maximum absolute atomic E-state index is 12.6. The lowest BCUT2D eigenvalue weighted by atomic mass is 10.1. The number of fused-ring (bicyclic) bond motifs is 1. The lowest BCUT2D eigenvalue weighted by molar-refractivity contribution is 0.0781. The molecule has 6 nitrogen and oxygen atoms in total. The van der Waals surface area contributed by atoms with Crippen LogP contribution in [0.25, 0.3) is 11.0 Å². The largest absolute Gasteiger partial charge is 0.422 e. The highest BCUT2D eigenvalue weighted by Gasteiger charge is 2.19. The van der Waals surface area contributed by atoms with E-state index in [0.717, 1.165) is 15.7 Å². The van der Waals surface area contributed by atoms with Gasteiger partial charge in [-0.05, 0) is 31.2 Å². The number of aryl methyl sites for hydroxylation is 2. The highest BCUT2D eigenvalue weighted by Crippen LogP contribution is 2.20. The monoisotopic (exact) mass is 389 g/mol. The molecular weight excluding hydrogens is 374 g/mol. The molecule has 0 radical (unpaired) electrons. The molecule has 0 spiro atoms. The molecule has 124 valence electrons. The molecule has 0 bridgehead atoms. The molecule has 7 heteroatoms. The number of carbonyl (C=O) groups is 1. The predicted octanol–water partition coefficient (Wildman–Crippen LogP) is 2.87. The van der Waals surface area contributed by atoms with E-state index in [1.54, 1.807) is 36.0 Å². The molecule has 0 aliphatic heterocycles. The normalized spacial score (nSPS) is 11.0. The molecular formula is C17H16BrN3O3. The predicted molar refractivity (Wildman–Crippen MR) is 93.9 cm³/mol. The Morgan fingerprint density at radius 2 is 2.12 bits per heavy atom. The summed E-state index contributed by atoms with van der Waals surface area (Å²) in [5.74, 6) is -0.381. The first kappa shape index (κ1) is 16.4. The van der Waals surface area contributed by atoms with E-state index in [1.165, 1.54) is 4.90 Å². The summed E-state index contributed by atoms with van der Waals surface area (Å²) >= 11 is 3.37. The lowest BCUT2D eigenvalue weighted by Crippen LogP contribution is -2.30. The minimum atomic E-state index is -0.635. The fourth-order valence-electron chi connectivity index (χ4n) is 2.58. The van der Waals surface area contributed by atoms with Crippen LogP contribution in [-0.4, -0.2) is 27.6 Å². The number of nitrogens with zero attached hydrogens (tertiary/aromatic N) is 3. The number of amides is 1. The summed E-state index contributed by atoms with van der Waals surface area (Å²) in [7, 11) is 3.48. The van der Waals surface area contributed by atoms with Crippen molar-refractivity contribution in [1.82, 2.24) is 14.7 Å². The second-order valence-corrected chi connectivity index (χ2v) is 6.62. The van der Waals surface area contributed by atoms with Crippen molar-refractivity contribution in [2.45, 2.75) is 13.5 Å². The van der Waals surface area contributed by atoms with Gasteiger partial charge in [-0.25, -0.2) is 4.79 Å². The third-order valence-corrected chi connectivity index (χ3v) is 4.29. The van der Waals surface area contributed by atoms with E-state index < -0.39 is 5.63 Å². The van der Waals surface area contributed by atoms with Crippen LogP contribution in [0.15, 0.2) is 44.1 Å². The first-order valence-corrected chi connectivity index (χ1v) is 8.12. The zero-order valence-corrected chi connectivity index (χ0v) is 15.1. The molecule has 24 heavy (non-hydrogen) atoms. The van der Waals surface area contributed by atoms with Gasteiger partial charge in [0.1, 0.15) is 11.1 Å². The van der Waals surface area contributed by atoms with Gasteiger partial charge in [0, 0.05) is 42.3 Å². The van der Waals surface area contributed by atoms with Crippen LogP contribution in [0.4, 0.5) is 0 Å². The van der Waals surface area contributed by atoms with Crippen LogP contribution < -0.4 is 5.63 Å². The Hall–Kier alpha value is -2.41. The summed E-state index contributed by atoms with van der Waals surface area (Å²) in [6, 6.07) is 6.85. The summed E-state index contributed by atoms with van der Waals surface area (Å²) in [5.41, 5.74) is 1.62. The Kier molecular flexibility index (Phi) is 4.28. The van der Waals surface area contributed by atoms with E-state index in [-0.39, 0.29) is 11.5 Å². The zero-order valence-electron chi connectivity index (χ0n) is 13.5. The Bertz CT molecular complexity index is 990. The topological polar surface area (TPSA) is 68.3 Å². The number of rotatable bonds is 3. The smallest absolute Gasteiger partial charge is 0.349 e. The van der Waals surface area contributed by atoms with E-state index >= 15 is 0 Å². The average Bonchev–Trinajstić information content (AvgIpc) is 2.84. The molecule has 0 saturated carbocycles. The first-order chi connectivity index (χ1) is 11.3. The number of aromatic nitrogens is 2. The van der Waals surface area contributed by atoms with Crippen molar-refractivity contribution in [2.75, 3.05) is 7.05 Å². The van der Waals surface area contributed by atoms with Gasteiger partial charge in [0.05, 0.1) is 5.69 Å². The van der Waals surface area contributed by atoms with E-state index in [9.17, 15) is 9.59 Å². The molecule has 3 aromatic rings. The van der Waals surface area contributed by atoms with Gasteiger partial charge in [-0.3, -0.25) is 9.48 Å². The maximum atomic E-state index is 12.6. The summed E-state index contributed by atoms with van der Waals surface area (Å²) in [6.07, 6.45) is 1.86. The van der Waals surface area contributed by atoms with Gasteiger partial charge in [0.15, 0.2) is 0 Å². The fourth-order valence-corrected chi connectivity index (χ4v) is 2.96. The van der Waals surface area contributed by atoms with Crippen LogP contribution in [0.3, 0.4) is 0 Å². The molecule has 1 amide bonds. The van der Waals surface area contributed by atoms with Crippen LogP contribution in [-0.2, 0) is 13.6 Å². The van der Waals surface area contributed by atoms with E-state index in [4.69, 9.17) is 4.42 Å². The first-order valence-electron chi connectivity index (χ1n) is 7.33. The van der Waals surface area contributed by atoms with Crippen molar-refractivity contribution in [3.05, 3.63) is 62.2 Å². The van der Waals surface area contributed by atoms with Crippen molar-refractivity contribution in [3.63, 3.8) is 0 Å². The Balaban J connectivity index is 1.94.